The summed E-state index contributed by atoms with van der Waals surface area (Å²) < 4.78 is 8.74. The van der Waals surface area contributed by atoms with Gasteiger partial charge in [-0.3, -0.25) is 4.68 Å². The van der Waals surface area contributed by atoms with Crippen LogP contribution >= 0.6 is 11.3 Å². The van der Waals surface area contributed by atoms with Crippen LogP contribution in [0.4, 0.5) is 0 Å². The van der Waals surface area contributed by atoms with E-state index in [9.17, 15) is 0 Å². The number of benzene rings is 1. The van der Waals surface area contributed by atoms with Crippen LogP contribution in [0, 0.1) is 0 Å². The Balaban J connectivity index is 1.81. The van der Waals surface area contributed by atoms with Crippen LogP contribution < -0.4 is 4.74 Å². The highest BCUT2D eigenvalue weighted by atomic mass is 32.1. The third kappa shape index (κ3) is 2.03. The van der Waals surface area contributed by atoms with Gasteiger partial charge in [-0.1, -0.05) is 18.2 Å². The minimum atomic E-state index is 0.593. The quantitative estimate of drug-likeness (QED) is 0.707. The SMILES string of the molecule is Cn1cc(OCc2csc3ccccc23)cn1. The highest BCUT2D eigenvalue weighted by Crippen LogP contribution is 2.26. The lowest BCUT2D eigenvalue weighted by atomic mass is 10.2. The Morgan fingerprint density at radius 2 is 2.24 bits per heavy atom. The number of fused-ring (bicyclic) bond motifs is 1. The summed E-state index contributed by atoms with van der Waals surface area (Å²) in [6.45, 7) is 0.593. The van der Waals surface area contributed by atoms with Crippen LogP contribution in [0.2, 0.25) is 0 Å². The molecule has 0 amide bonds. The fourth-order valence-corrected chi connectivity index (χ4v) is 2.73. The molecule has 0 fully saturated rings. The van der Waals surface area contributed by atoms with Gasteiger partial charge >= 0.3 is 0 Å². The van der Waals surface area contributed by atoms with Crippen molar-refractivity contribution in [3.8, 4) is 5.75 Å². The van der Waals surface area contributed by atoms with E-state index in [4.69, 9.17) is 4.74 Å². The van der Waals surface area contributed by atoms with Crippen molar-refractivity contribution in [1.29, 1.82) is 0 Å². The maximum Gasteiger partial charge on any atom is 0.157 e. The lowest BCUT2D eigenvalue weighted by molar-refractivity contribution is 0.308. The van der Waals surface area contributed by atoms with Crippen LogP contribution in [-0.2, 0) is 13.7 Å². The van der Waals surface area contributed by atoms with Crippen molar-refractivity contribution in [2.75, 3.05) is 0 Å². The topological polar surface area (TPSA) is 27.1 Å². The second-order valence-electron chi connectivity index (χ2n) is 3.90. The lowest BCUT2D eigenvalue weighted by Crippen LogP contribution is -1.93. The van der Waals surface area contributed by atoms with Crippen molar-refractivity contribution in [3.63, 3.8) is 0 Å². The highest BCUT2D eigenvalue weighted by molar-refractivity contribution is 7.17. The number of aryl methyl sites for hydroxylation is 1. The smallest absolute Gasteiger partial charge is 0.157 e. The summed E-state index contributed by atoms with van der Waals surface area (Å²) in [5.74, 6) is 0.808. The van der Waals surface area contributed by atoms with Gasteiger partial charge in [0.05, 0.1) is 12.4 Å². The summed E-state index contributed by atoms with van der Waals surface area (Å²) >= 11 is 1.75. The number of nitrogens with zero attached hydrogens (tertiary/aromatic N) is 2. The summed E-state index contributed by atoms with van der Waals surface area (Å²) in [6.07, 6.45) is 3.60. The first-order valence-corrected chi connectivity index (χ1v) is 6.27. The van der Waals surface area contributed by atoms with Crippen molar-refractivity contribution in [1.82, 2.24) is 9.78 Å². The fraction of sp³-hybridized carbons (Fsp3) is 0.154. The van der Waals surface area contributed by atoms with Crippen LogP contribution in [0.1, 0.15) is 5.56 Å². The van der Waals surface area contributed by atoms with Gasteiger partial charge in [-0.05, 0) is 16.8 Å². The highest BCUT2D eigenvalue weighted by Gasteiger charge is 2.04. The van der Waals surface area contributed by atoms with Crippen molar-refractivity contribution in [2.24, 2.45) is 7.05 Å². The first-order valence-electron chi connectivity index (χ1n) is 5.39. The molecule has 2 heterocycles. The molecule has 86 valence electrons. The van der Waals surface area contributed by atoms with Gasteiger partial charge in [0.15, 0.2) is 5.75 Å². The average molecular weight is 244 g/mol. The molecule has 4 heteroatoms. The van der Waals surface area contributed by atoms with E-state index < -0.39 is 0 Å². The Morgan fingerprint density at radius 1 is 1.35 bits per heavy atom. The summed E-state index contributed by atoms with van der Waals surface area (Å²) in [4.78, 5) is 0. The second kappa shape index (κ2) is 4.22. The van der Waals surface area contributed by atoms with Crippen LogP contribution in [-0.4, -0.2) is 9.78 Å². The predicted octanol–water partition coefficient (Wildman–Crippen LogP) is 3.21. The summed E-state index contributed by atoms with van der Waals surface area (Å²) in [6, 6.07) is 8.38. The number of hydrogen-bond donors (Lipinski definition) is 0. The molecule has 0 N–H and O–H groups in total. The van der Waals surface area contributed by atoms with Crippen molar-refractivity contribution in [3.05, 3.63) is 47.6 Å². The van der Waals surface area contributed by atoms with Crippen molar-refractivity contribution >= 4 is 21.4 Å². The zero-order valence-corrected chi connectivity index (χ0v) is 10.3. The van der Waals surface area contributed by atoms with Crippen molar-refractivity contribution < 1.29 is 4.74 Å². The molecule has 1 aromatic carbocycles. The van der Waals surface area contributed by atoms with E-state index in [1.807, 2.05) is 13.2 Å². The number of rotatable bonds is 3. The molecule has 0 aliphatic rings. The Labute approximate surface area is 103 Å². The maximum atomic E-state index is 5.70. The van der Waals surface area contributed by atoms with Gasteiger partial charge in [-0.15, -0.1) is 11.3 Å². The summed E-state index contributed by atoms with van der Waals surface area (Å²) in [5, 5.41) is 7.51. The van der Waals surface area contributed by atoms with E-state index in [1.165, 1.54) is 15.6 Å². The molecular weight excluding hydrogens is 232 g/mol. The zero-order chi connectivity index (χ0) is 11.7. The second-order valence-corrected chi connectivity index (χ2v) is 4.81. The summed E-state index contributed by atoms with van der Waals surface area (Å²) in [7, 11) is 1.88. The predicted molar refractivity (Wildman–Crippen MR) is 69.4 cm³/mol. The van der Waals surface area contributed by atoms with Gasteiger partial charge in [0.1, 0.15) is 6.61 Å². The first-order chi connectivity index (χ1) is 8.33. The number of hydrogen-bond acceptors (Lipinski definition) is 3. The average Bonchev–Trinajstić information content (AvgIpc) is 2.93. The van der Waals surface area contributed by atoms with Crippen LogP contribution in [0.25, 0.3) is 10.1 Å². The molecule has 3 rings (SSSR count). The van der Waals surface area contributed by atoms with Crippen LogP contribution in [0.5, 0.6) is 5.75 Å². The minimum Gasteiger partial charge on any atom is -0.486 e. The molecule has 3 nitrogen and oxygen atoms in total. The maximum absolute atomic E-state index is 5.70. The fourth-order valence-electron chi connectivity index (χ4n) is 1.78. The molecular formula is C13H12N2OS. The Hall–Kier alpha value is -1.81. The number of thiophene rings is 1. The molecule has 0 saturated carbocycles. The van der Waals surface area contributed by atoms with E-state index in [0.29, 0.717) is 6.61 Å². The molecule has 0 radical (unpaired) electrons. The normalized spacial score (nSPS) is 10.9. The van der Waals surface area contributed by atoms with Gasteiger partial charge < -0.3 is 4.74 Å². The monoisotopic (exact) mass is 244 g/mol. The first kappa shape index (κ1) is 10.4. The molecule has 0 aliphatic heterocycles. The van der Waals surface area contributed by atoms with Gasteiger partial charge in [-0.25, -0.2) is 0 Å². The number of ether oxygens (including phenoxy) is 1. The van der Waals surface area contributed by atoms with E-state index >= 15 is 0 Å². The minimum absolute atomic E-state index is 0.593. The third-order valence-electron chi connectivity index (χ3n) is 2.64. The van der Waals surface area contributed by atoms with E-state index in [2.05, 4.69) is 34.7 Å². The molecule has 0 aliphatic carbocycles. The molecule has 17 heavy (non-hydrogen) atoms. The molecule has 0 saturated heterocycles. The number of aromatic nitrogens is 2. The zero-order valence-electron chi connectivity index (χ0n) is 9.46. The largest absolute Gasteiger partial charge is 0.486 e. The molecule has 0 unspecified atom stereocenters. The van der Waals surface area contributed by atoms with E-state index in [1.54, 1.807) is 22.2 Å². The standard InChI is InChI=1S/C13H12N2OS/c1-15-7-11(6-14-15)16-8-10-9-17-13-5-3-2-4-12(10)13/h2-7,9H,8H2,1H3. The molecule has 0 bridgehead atoms. The Morgan fingerprint density at radius 3 is 3.06 bits per heavy atom. The van der Waals surface area contributed by atoms with Gasteiger partial charge in [-0.2, -0.15) is 5.10 Å². The van der Waals surface area contributed by atoms with Crippen LogP contribution in [0.3, 0.4) is 0 Å². The van der Waals surface area contributed by atoms with E-state index in [-0.39, 0.29) is 0 Å². The third-order valence-corrected chi connectivity index (χ3v) is 3.65. The summed E-state index contributed by atoms with van der Waals surface area (Å²) in [5.41, 5.74) is 1.23. The molecule has 3 aromatic rings. The molecule has 0 spiro atoms. The van der Waals surface area contributed by atoms with Gasteiger partial charge in [0.25, 0.3) is 0 Å². The van der Waals surface area contributed by atoms with Crippen LogP contribution in [0.15, 0.2) is 42.0 Å². The van der Waals surface area contributed by atoms with Gasteiger partial charge in [0.2, 0.25) is 0 Å². The lowest BCUT2D eigenvalue weighted by Gasteiger charge is -2.01. The Kier molecular flexibility index (Phi) is 2.57. The molecule has 0 atom stereocenters. The Bertz CT molecular complexity index is 641. The van der Waals surface area contributed by atoms with Gasteiger partial charge in [0, 0.05) is 17.3 Å². The molecule has 2 aromatic heterocycles. The van der Waals surface area contributed by atoms with E-state index in [0.717, 1.165) is 5.75 Å². The van der Waals surface area contributed by atoms with Crippen molar-refractivity contribution in [2.45, 2.75) is 6.61 Å².